The van der Waals surface area contributed by atoms with Crippen LogP contribution in [0.4, 0.5) is 0 Å². The highest BCUT2D eigenvalue weighted by Gasteiger charge is 2.16. The first kappa shape index (κ1) is 13.1. The lowest BCUT2D eigenvalue weighted by molar-refractivity contribution is 0.0587. The number of ether oxygens (including phenoxy) is 1. The largest absolute Gasteiger partial charge is 0.492 e. The Morgan fingerprint density at radius 3 is 2.58 bits per heavy atom. The van der Waals surface area contributed by atoms with Crippen LogP contribution in [0.2, 0.25) is 0 Å². The van der Waals surface area contributed by atoms with Gasteiger partial charge < -0.3 is 9.84 Å². The summed E-state index contributed by atoms with van der Waals surface area (Å²) in [5.74, 6) is -0.703. The van der Waals surface area contributed by atoms with E-state index in [9.17, 15) is 9.90 Å². The van der Waals surface area contributed by atoms with Crippen molar-refractivity contribution in [3.63, 3.8) is 0 Å². The minimum atomic E-state index is -0.515. The van der Waals surface area contributed by atoms with Gasteiger partial charge in [0.2, 0.25) is 5.88 Å². The van der Waals surface area contributed by atoms with E-state index in [4.69, 9.17) is 0 Å². The summed E-state index contributed by atoms with van der Waals surface area (Å²) >= 11 is 0. The molecule has 0 saturated heterocycles. The van der Waals surface area contributed by atoms with Crippen LogP contribution in [0.15, 0.2) is 24.3 Å². The first-order chi connectivity index (χ1) is 9.02. The summed E-state index contributed by atoms with van der Waals surface area (Å²) in [5.41, 5.74) is 3.55. The number of esters is 1. The maximum Gasteiger partial charge on any atom is 0.356 e. The average Bonchev–Trinajstić information content (AvgIpc) is 2.74. The van der Waals surface area contributed by atoms with Crippen molar-refractivity contribution in [3.8, 4) is 5.88 Å². The fraction of sp³-hybridized carbons (Fsp3) is 0.286. The Morgan fingerprint density at radius 1 is 1.37 bits per heavy atom. The molecular weight excluding hydrogens is 244 g/mol. The van der Waals surface area contributed by atoms with Gasteiger partial charge in [-0.2, -0.15) is 0 Å². The summed E-state index contributed by atoms with van der Waals surface area (Å²) in [7, 11) is 1.30. The van der Waals surface area contributed by atoms with Gasteiger partial charge >= 0.3 is 5.97 Å². The number of aryl methyl sites for hydroxylation is 2. The molecule has 0 spiro atoms. The molecule has 1 aromatic carbocycles. The molecule has 0 radical (unpaired) electrons. The number of methoxy groups -OCH3 is 1. The Morgan fingerprint density at radius 2 is 2.00 bits per heavy atom. The van der Waals surface area contributed by atoms with Gasteiger partial charge in [0, 0.05) is 6.07 Å². The molecule has 19 heavy (non-hydrogen) atoms. The van der Waals surface area contributed by atoms with Gasteiger partial charge in [-0.25, -0.2) is 9.48 Å². The number of hydrogen-bond donors (Lipinski definition) is 1. The van der Waals surface area contributed by atoms with Crippen LogP contribution in [0.25, 0.3) is 0 Å². The highest BCUT2D eigenvalue weighted by Crippen LogP contribution is 2.18. The number of aromatic nitrogens is 2. The molecule has 0 fully saturated rings. The quantitative estimate of drug-likeness (QED) is 0.858. The van der Waals surface area contributed by atoms with Crippen molar-refractivity contribution >= 4 is 5.97 Å². The molecule has 1 heterocycles. The molecular formula is C14H16N2O3. The van der Waals surface area contributed by atoms with Gasteiger partial charge in [0.05, 0.1) is 13.7 Å². The van der Waals surface area contributed by atoms with Gasteiger partial charge in [0.1, 0.15) is 0 Å². The Bertz CT molecular complexity index is 597. The van der Waals surface area contributed by atoms with Crippen LogP contribution in [-0.2, 0) is 11.3 Å². The monoisotopic (exact) mass is 260 g/mol. The van der Waals surface area contributed by atoms with Crippen LogP contribution in [-0.4, -0.2) is 28.0 Å². The van der Waals surface area contributed by atoms with Crippen molar-refractivity contribution in [2.45, 2.75) is 20.4 Å². The maximum atomic E-state index is 11.6. The first-order valence-corrected chi connectivity index (χ1v) is 5.93. The third-order valence-electron chi connectivity index (χ3n) is 3.11. The highest BCUT2D eigenvalue weighted by molar-refractivity contribution is 5.87. The number of nitrogens with zero attached hydrogens (tertiary/aromatic N) is 2. The van der Waals surface area contributed by atoms with Gasteiger partial charge in [-0.3, -0.25) is 0 Å². The second-order valence-electron chi connectivity index (χ2n) is 4.41. The van der Waals surface area contributed by atoms with Crippen LogP contribution in [0, 0.1) is 13.8 Å². The summed E-state index contributed by atoms with van der Waals surface area (Å²) in [4.78, 5) is 11.6. The fourth-order valence-corrected chi connectivity index (χ4v) is 2.04. The molecule has 0 saturated carbocycles. The predicted octanol–water partition coefficient (Wildman–Crippen LogP) is 2.04. The van der Waals surface area contributed by atoms with Crippen molar-refractivity contribution in [2.75, 3.05) is 7.11 Å². The molecule has 1 aromatic heterocycles. The Kier molecular flexibility index (Phi) is 3.55. The summed E-state index contributed by atoms with van der Waals surface area (Å²) in [6.45, 7) is 4.43. The Labute approximate surface area is 111 Å². The van der Waals surface area contributed by atoms with Crippen molar-refractivity contribution in [3.05, 3.63) is 46.6 Å². The number of rotatable bonds is 3. The minimum Gasteiger partial charge on any atom is -0.492 e. The zero-order valence-electron chi connectivity index (χ0n) is 11.2. The second-order valence-corrected chi connectivity index (χ2v) is 4.41. The molecule has 5 nitrogen and oxygen atoms in total. The van der Waals surface area contributed by atoms with Gasteiger partial charge in [-0.05, 0) is 30.5 Å². The lowest BCUT2D eigenvalue weighted by Crippen LogP contribution is -2.13. The molecule has 0 bridgehead atoms. The predicted molar refractivity (Wildman–Crippen MR) is 70.2 cm³/mol. The maximum absolute atomic E-state index is 11.6. The second kappa shape index (κ2) is 5.14. The van der Waals surface area contributed by atoms with Crippen molar-refractivity contribution in [2.24, 2.45) is 0 Å². The fourth-order valence-electron chi connectivity index (χ4n) is 2.04. The van der Waals surface area contributed by atoms with E-state index in [1.54, 1.807) is 0 Å². The topological polar surface area (TPSA) is 64.3 Å². The summed E-state index contributed by atoms with van der Waals surface area (Å²) in [6, 6.07) is 7.29. The van der Waals surface area contributed by atoms with Crippen LogP contribution >= 0.6 is 0 Å². The molecule has 0 amide bonds. The van der Waals surface area contributed by atoms with Crippen molar-refractivity contribution in [1.29, 1.82) is 0 Å². The SMILES string of the molecule is COC(=O)c1cc(O)nn1Cc1c(C)cccc1C. The van der Waals surface area contributed by atoms with E-state index >= 15 is 0 Å². The third kappa shape index (κ3) is 2.59. The van der Waals surface area contributed by atoms with Crippen molar-refractivity contribution in [1.82, 2.24) is 9.78 Å². The highest BCUT2D eigenvalue weighted by atomic mass is 16.5. The number of hydrogen-bond acceptors (Lipinski definition) is 4. The van der Waals surface area contributed by atoms with E-state index in [1.165, 1.54) is 17.9 Å². The Balaban J connectivity index is 2.41. The average molecular weight is 260 g/mol. The normalized spacial score (nSPS) is 10.5. The van der Waals surface area contributed by atoms with E-state index in [0.717, 1.165) is 16.7 Å². The van der Waals surface area contributed by atoms with Crippen LogP contribution in [0.3, 0.4) is 0 Å². The van der Waals surface area contributed by atoms with E-state index in [-0.39, 0.29) is 11.6 Å². The molecule has 0 aliphatic rings. The summed E-state index contributed by atoms with van der Waals surface area (Å²) in [5, 5.41) is 13.4. The lowest BCUT2D eigenvalue weighted by atomic mass is 10.0. The van der Waals surface area contributed by atoms with Gasteiger partial charge in [-0.15, -0.1) is 5.10 Å². The molecule has 100 valence electrons. The number of benzene rings is 1. The van der Waals surface area contributed by atoms with Crippen LogP contribution in [0.1, 0.15) is 27.2 Å². The molecule has 0 aliphatic carbocycles. The number of aromatic hydroxyl groups is 1. The number of carbonyl (C=O) groups excluding carboxylic acids is 1. The molecule has 5 heteroatoms. The van der Waals surface area contributed by atoms with E-state index < -0.39 is 5.97 Å². The minimum absolute atomic E-state index is 0.188. The van der Waals surface area contributed by atoms with Gasteiger partial charge in [0.25, 0.3) is 0 Å². The standard InChI is InChI=1S/C14H16N2O3/c1-9-5-4-6-10(2)11(9)8-16-12(14(18)19-3)7-13(17)15-16/h4-7H,8H2,1-3H3,(H,15,17). The van der Waals surface area contributed by atoms with E-state index in [0.29, 0.717) is 6.54 Å². The van der Waals surface area contributed by atoms with E-state index in [2.05, 4.69) is 9.84 Å². The molecule has 2 aromatic rings. The smallest absolute Gasteiger partial charge is 0.356 e. The molecule has 2 rings (SSSR count). The van der Waals surface area contributed by atoms with Crippen LogP contribution in [0.5, 0.6) is 5.88 Å². The third-order valence-corrected chi connectivity index (χ3v) is 3.11. The summed E-state index contributed by atoms with van der Waals surface area (Å²) < 4.78 is 6.13. The Hall–Kier alpha value is -2.30. The van der Waals surface area contributed by atoms with Crippen LogP contribution < -0.4 is 0 Å². The van der Waals surface area contributed by atoms with Crippen molar-refractivity contribution < 1.29 is 14.6 Å². The molecule has 0 atom stereocenters. The van der Waals surface area contributed by atoms with Gasteiger partial charge in [-0.1, -0.05) is 18.2 Å². The lowest BCUT2D eigenvalue weighted by Gasteiger charge is -2.11. The molecule has 1 N–H and O–H groups in total. The van der Waals surface area contributed by atoms with E-state index in [1.807, 2.05) is 32.0 Å². The zero-order chi connectivity index (χ0) is 14.0. The summed E-state index contributed by atoms with van der Waals surface area (Å²) in [6.07, 6.45) is 0. The molecule has 0 unspecified atom stereocenters. The molecule has 0 aliphatic heterocycles. The number of carbonyl (C=O) groups is 1. The van der Waals surface area contributed by atoms with Gasteiger partial charge in [0.15, 0.2) is 5.69 Å². The first-order valence-electron chi connectivity index (χ1n) is 5.93. The zero-order valence-corrected chi connectivity index (χ0v) is 11.2.